The summed E-state index contributed by atoms with van der Waals surface area (Å²) in [6, 6.07) is 7.52. The van der Waals surface area contributed by atoms with Crippen LogP contribution in [-0.2, 0) is 6.54 Å². The maximum Gasteiger partial charge on any atom is 0.341 e. The maximum absolute atomic E-state index is 11.3. The van der Waals surface area contributed by atoms with Crippen molar-refractivity contribution in [2.45, 2.75) is 13.0 Å². The van der Waals surface area contributed by atoms with E-state index in [-0.39, 0.29) is 5.56 Å². The lowest BCUT2D eigenvalue weighted by Gasteiger charge is -2.17. The zero-order valence-electron chi connectivity index (χ0n) is 8.64. The summed E-state index contributed by atoms with van der Waals surface area (Å²) in [5, 5.41) is 9.99. The number of carbonyl (C=O) groups is 1. The lowest BCUT2D eigenvalue weighted by Crippen LogP contribution is -2.15. The molecule has 0 saturated heterocycles. The molecule has 1 aromatic heterocycles. The highest BCUT2D eigenvalue weighted by molar-refractivity contribution is 6.06. The van der Waals surface area contributed by atoms with Gasteiger partial charge in [-0.15, -0.1) is 0 Å². The van der Waals surface area contributed by atoms with Gasteiger partial charge in [0.25, 0.3) is 0 Å². The molecule has 2 aromatic rings. The monoisotopic (exact) mass is 217 g/mol. The molecule has 0 radical (unpaired) electrons. The number of aryl methyl sites for hydroxylation is 1. The van der Waals surface area contributed by atoms with Crippen molar-refractivity contribution in [3.05, 3.63) is 29.8 Å². The summed E-state index contributed by atoms with van der Waals surface area (Å²) in [4.78, 5) is 11.3. The molecule has 1 N–H and O–H groups in total. The van der Waals surface area contributed by atoms with Gasteiger partial charge >= 0.3 is 5.97 Å². The number of para-hydroxylation sites is 1. The number of rotatable bonds is 1. The topological polar surface area (TPSA) is 51.5 Å². The van der Waals surface area contributed by atoms with Crippen LogP contribution in [0.2, 0.25) is 0 Å². The number of carboxylic acid groups (broad SMARTS) is 1. The first-order chi connectivity index (χ1) is 7.79. The number of carboxylic acids is 1. The van der Waals surface area contributed by atoms with E-state index in [9.17, 15) is 9.90 Å². The van der Waals surface area contributed by atoms with Gasteiger partial charge in [0.15, 0.2) is 0 Å². The molecular formula is C12H11NO3. The summed E-state index contributed by atoms with van der Waals surface area (Å²) in [5.41, 5.74) is 1.23. The molecule has 82 valence electrons. The second-order valence-corrected chi connectivity index (χ2v) is 3.86. The highest BCUT2D eigenvalue weighted by Crippen LogP contribution is 2.34. The van der Waals surface area contributed by atoms with Gasteiger partial charge in [0.05, 0.1) is 12.1 Å². The van der Waals surface area contributed by atoms with Gasteiger partial charge in [0, 0.05) is 11.9 Å². The predicted molar refractivity (Wildman–Crippen MR) is 59.0 cm³/mol. The Balaban J connectivity index is 2.41. The second kappa shape index (κ2) is 3.27. The van der Waals surface area contributed by atoms with Crippen molar-refractivity contribution in [2.75, 3.05) is 6.61 Å². The average Bonchev–Trinajstić information content (AvgIpc) is 2.63. The van der Waals surface area contributed by atoms with Gasteiger partial charge in [-0.3, -0.25) is 0 Å². The molecule has 4 heteroatoms. The molecule has 0 saturated carbocycles. The average molecular weight is 217 g/mol. The van der Waals surface area contributed by atoms with Crippen LogP contribution < -0.4 is 4.74 Å². The van der Waals surface area contributed by atoms with Crippen LogP contribution >= 0.6 is 0 Å². The van der Waals surface area contributed by atoms with E-state index in [2.05, 4.69) is 0 Å². The minimum absolute atomic E-state index is 0.287. The first-order valence-electron chi connectivity index (χ1n) is 5.26. The smallest absolute Gasteiger partial charge is 0.341 e. The van der Waals surface area contributed by atoms with E-state index in [4.69, 9.17) is 4.74 Å². The van der Waals surface area contributed by atoms with E-state index in [0.29, 0.717) is 12.5 Å². The van der Waals surface area contributed by atoms with Crippen molar-refractivity contribution in [1.82, 2.24) is 4.57 Å². The molecule has 4 nitrogen and oxygen atoms in total. The molecule has 2 heterocycles. The van der Waals surface area contributed by atoms with E-state index in [1.165, 1.54) is 0 Å². The summed E-state index contributed by atoms with van der Waals surface area (Å²) in [7, 11) is 0. The fourth-order valence-corrected chi connectivity index (χ4v) is 2.25. The van der Waals surface area contributed by atoms with Crippen molar-refractivity contribution in [2.24, 2.45) is 0 Å². The molecule has 0 bridgehead atoms. The Morgan fingerprint density at radius 1 is 1.38 bits per heavy atom. The molecule has 3 rings (SSSR count). The quantitative estimate of drug-likeness (QED) is 0.796. The van der Waals surface area contributed by atoms with Crippen LogP contribution in [0, 0.1) is 0 Å². The molecule has 0 unspecified atom stereocenters. The van der Waals surface area contributed by atoms with Gasteiger partial charge in [-0.05, 0) is 12.5 Å². The summed E-state index contributed by atoms with van der Waals surface area (Å²) < 4.78 is 7.43. The highest BCUT2D eigenvalue weighted by atomic mass is 16.5. The molecular weight excluding hydrogens is 206 g/mol. The van der Waals surface area contributed by atoms with Crippen LogP contribution in [0.5, 0.6) is 5.88 Å². The Morgan fingerprint density at radius 3 is 3.00 bits per heavy atom. The summed E-state index contributed by atoms with van der Waals surface area (Å²) in [6.45, 7) is 1.42. The zero-order valence-corrected chi connectivity index (χ0v) is 8.64. The number of ether oxygens (including phenoxy) is 1. The third-order valence-corrected chi connectivity index (χ3v) is 2.90. The van der Waals surface area contributed by atoms with Crippen molar-refractivity contribution in [3.8, 4) is 5.88 Å². The molecule has 0 atom stereocenters. The van der Waals surface area contributed by atoms with Gasteiger partial charge in [-0.2, -0.15) is 0 Å². The van der Waals surface area contributed by atoms with Crippen LogP contribution in [0.4, 0.5) is 0 Å². The fourth-order valence-electron chi connectivity index (χ4n) is 2.25. The molecule has 0 spiro atoms. The number of aromatic nitrogens is 1. The maximum atomic E-state index is 11.3. The number of nitrogens with zero attached hydrogens (tertiary/aromatic N) is 1. The van der Waals surface area contributed by atoms with Gasteiger partial charge in [0.2, 0.25) is 5.88 Å². The highest BCUT2D eigenvalue weighted by Gasteiger charge is 2.25. The Kier molecular flexibility index (Phi) is 1.89. The van der Waals surface area contributed by atoms with Crippen molar-refractivity contribution >= 4 is 16.9 Å². The number of hydrogen-bond acceptors (Lipinski definition) is 2. The lowest BCUT2D eigenvalue weighted by molar-refractivity contribution is 0.0692. The van der Waals surface area contributed by atoms with Crippen LogP contribution in [0.3, 0.4) is 0 Å². The van der Waals surface area contributed by atoms with Crippen LogP contribution in [-0.4, -0.2) is 22.2 Å². The van der Waals surface area contributed by atoms with E-state index >= 15 is 0 Å². The van der Waals surface area contributed by atoms with Gasteiger partial charge in [0.1, 0.15) is 5.56 Å². The van der Waals surface area contributed by atoms with Crippen LogP contribution in [0.1, 0.15) is 16.8 Å². The molecule has 1 aliphatic rings. The fraction of sp³-hybridized carbons (Fsp3) is 0.250. The SMILES string of the molecule is O=C(O)c1c2n(c3ccccc13)CCCO2. The predicted octanol–water partition coefficient (Wildman–Crippen LogP) is 2.12. The summed E-state index contributed by atoms with van der Waals surface area (Å²) in [5.74, 6) is -0.424. The first-order valence-corrected chi connectivity index (χ1v) is 5.26. The Bertz CT molecular complexity index is 571. The number of hydrogen-bond donors (Lipinski definition) is 1. The normalized spacial score (nSPS) is 14.5. The largest absolute Gasteiger partial charge is 0.478 e. The zero-order chi connectivity index (χ0) is 11.1. The number of fused-ring (bicyclic) bond motifs is 3. The van der Waals surface area contributed by atoms with E-state index < -0.39 is 5.97 Å². The van der Waals surface area contributed by atoms with Gasteiger partial charge in [-0.1, -0.05) is 18.2 Å². The van der Waals surface area contributed by atoms with Crippen LogP contribution in [0.25, 0.3) is 10.9 Å². The van der Waals surface area contributed by atoms with E-state index in [1.54, 1.807) is 0 Å². The van der Waals surface area contributed by atoms with Gasteiger partial charge < -0.3 is 14.4 Å². The number of benzene rings is 1. The van der Waals surface area contributed by atoms with Crippen LogP contribution in [0.15, 0.2) is 24.3 Å². The standard InChI is InChI=1S/C12H11NO3/c14-12(15)10-8-4-1-2-5-9(8)13-6-3-7-16-11(10)13/h1-2,4-5H,3,6-7H2,(H,14,15). The minimum Gasteiger partial charge on any atom is -0.478 e. The molecule has 0 amide bonds. The lowest BCUT2D eigenvalue weighted by atomic mass is 10.2. The number of aromatic carboxylic acids is 1. The molecule has 0 aliphatic carbocycles. The Hall–Kier alpha value is -1.97. The Labute approximate surface area is 92.1 Å². The first kappa shape index (κ1) is 9.27. The third kappa shape index (κ3) is 1.13. The van der Waals surface area contributed by atoms with Crippen molar-refractivity contribution in [3.63, 3.8) is 0 Å². The molecule has 16 heavy (non-hydrogen) atoms. The minimum atomic E-state index is -0.924. The Morgan fingerprint density at radius 2 is 2.19 bits per heavy atom. The molecule has 1 aliphatic heterocycles. The van der Waals surface area contributed by atoms with E-state index in [1.807, 2.05) is 28.8 Å². The third-order valence-electron chi connectivity index (χ3n) is 2.90. The second-order valence-electron chi connectivity index (χ2n) is 3.86. The van der Waals surface area contributed by atoms with Gasteiger partial charge in [-0.25, -0.2) is 4.79 Å². The molecule has 0 fully saturated rings. The van der Waals surface area contributed by atoms with Crippen molar-refractivity contribution in [1.29, 1.82) is 0 Å². The molecule has 1 aromatic carbocycles. The van der Waals surface area contributed by atoms with E-state index in [0.717, 1.165) is 23.9 Å². The summed E-state index contributed by atoms with van der Waals surface area (Å²) in [6.07, 6.45) is 0.921. The summed E-state index contributed by atoms with van der Waals surface area (Å²) >= 11 is 0. The van der Waals surface area contributed by atoms with Crippen molar-refractivity contribution < 1.29 is 14.6 Å².